The van der Waals surface area contributed by atoms with E-state index in [0.717, 1.165) is 36.9 Å². The van der Waals surface area contributed by atoms with Crippen molar-refractivity contribution in [1.29, 1.82) is 0 Å². The van der Waals surface area contributed by atoms with Gasteiger partial charge in [0, 0.05) is 25.2 Å². The van der Waals surface area contributed by atoms with E-state index >= 15 is 0 Å². The van der Waals surface area contributed by atoms with Crippen LogP contribution < -0.4 is 5.32 Å². The van der Waals surface area contributed by atoms with Gasteiger partial charge in [-0.15, -0.1) is 12.4 Å². The molecule has 0 radical (unpaired) electrons. The fourth-order valence-corrected chi connectivity index (χ4v) is 4.04. The summed E-state index contributed by atoms with van der Waals surface area (Å²) in [5, 5.41) is 3.57. The minimum atomic E-state index is -0.395. The van der Waals surface area contributed by atoms with Gasteiger partial charge in [0.1, 0.15) is 11.4 Å². The predicted octanol–water partition coefficient (Wildman–Crippen LogP) is 3.94. The van der Waals surface area contributed by atoms with E-state index in [2.05, 4.69) is 11.4 Å². The van der Waals surface area contributed by atoms with Crippen LogP contribution in [-0.4, -0.2) is 29.9 Å². The highest BCUT2D eigenvalue weighted by molar-refractivity contribution is 5.88. The van der Waals surface area contributed by atoms with Crippen LogP contribution in [0.25, 0.3) is 11.1 Å². The number of carbonyl (C=O) groups excluding carboxylic acids is 1. The molecule has 3 nitrogen and oxygen atoms in total. The van der Waals surface area contributed by atoms with E-state index in [1.54, 1.807) is 12.1 Å². The molecule has 2 aliphatic heterocycles. The van der Waals surface area contributed by atoms with E-state index in [1.165, 1.54) is 6.07 Å². The molecule has 4 rings (SSSR count). The molecule has 0 aromatic heterocycles. The van der Waals surface area contributed by atoms with Crippen molar-refractivity contribution < 1.29 is 9.18 Å². The highest BCUT2D eigenvalue weighted by Gasteiger charge is 2.49. The summed E-state index contributed by atoms with van der Waals surface area (Å²) in [6.45, 7) is 0.813. The minimum absolute atomic E-state index is 0. The molecular weight excluding hydrogens is 339 g/mol. The van der Waals surface area contributed by atoms with Crippen molar-refractivity contribution in [2.75, 3.05) is 13.6 Å². The average Bonchev–Trinajstić information content (AvgIpc) is 3.16. The first-order valence-electron chi connectivity index (χ1n) is 8.47. The quantitative estimate of drug-likeness (QED) is 0.879. The number of halogens is 2. The summed E-state index contributed by atoms with van der Waals surface area (Å²) >= 11 is 0. The summed E-state index contributed by atoms with van der Waals surface area (Å²) in [7, 11) is 1.87. The molecule has 2 aromatic carbocycles. The second-order valence-electron chi connectivity index (χ2n) is 6.90. The third-order valence-corrected chi connectivity index (χ3v) is 5.41. The first kappa shape index (κ1) is 17.9. The van der Waals surface area contributed by atoms with Crippen molar-refractivity contribution in [2.24, 2.45) is 0 Å². The van der Waals surface area contributed by atoms with Gasteiger partial charge < -0.3 is 4.90 Å². The van der Waals surface area contributed by atoms with Gasteiger partial charge in [-0.2, -0.15) is 0 Å². The lowest BCUT2D eigenvalue weighted by Gasteiger charge is -2.23. The molecule has 0 unspecified atom stereocenters. The van der Waals surface area contributed by atoms with Crippen molar-refractivity contribution in [3.63, 3.8) is 0 Å². The van der Waals surface area contributed by atoms with E-state index in [9.17, 15) is 9.18 Å². The van der Waals surface area contributed by atoms with Crippen LogP contribution in [0.4, 0.5) is 4.39 Å². The number of nitrogens with one attached hydrogen (secondary N) is 1. The fraction of sp³-hybridized carbons (Fsp3) is 0.350. The highest BCUT2D eigenvalue weighted by Crippen LogP contribution is 2.39. The molecule has 1 spiro atoms. The van der Waals surface area contributed by atoms with Gasteiger partial charge in [0.15, 0.2) is 0 Å². The Labute approximate surface area is 153 Å². The fourth-order valence-electron chi connectivity index (χ4n) is 4.04. The van der Waals surface area contributed by atoms with Gasteiger partial charge in [0.05, 0.1) is 0 Å². The van der Waals surface area contributed by atoms with Gasteiger partial charge in [-0.1, -0.05) is 36.4 Å². The number of carbonyl (C=O) groups is 1. The van der Waals surface area contributed by atoms with Gasteiger partial charge in [-0.05, 0) is 42.5 Å². The topological polar surface area (TPSA) is 32.3 Å². The van der Waals surface area contributed by atoms with Crippen LogP contribution in [0.3, 0.4) is 0 Å². The second-order valence-corrected chi connectivity index (χ2v) is 6.90. The zero-order chi connectivity index (χ0) is 16.7. The standard InChI is InChI=1S/C20H21FN2O.ClH/c1-23-12-11-20(19(23)24)10-9-18(22-20)15-6-4-5-14(13-15)16-7-2-3-8-17(16)21;/h2-8,13,18,22H,9-12H2,1H3;1H/t18-,20+;/m1./s1. The average molecular weight is 361 g/mol. The molecule has 2 heterocycles. The van der Waals surface area contributed by atoms with Crippen LogP contribution in [-0.2, 0) is 4.79 Å². The van der Waals surface area contributed by atoms with Crippen LogP contribution in [0.5, 0.6) is 0 Å². The normalized spacial score (nSPS) is 25.4. The Bertz CT molecular complexity index is 797. The Hall–Kier alpha value is -1.91. The van der Waals surface area contributed by atoms with Gasteiger partial charge in [-0.3, -0.25) is 10.1 Å². The molecular formula is C20H22ClFN2O. The first-order chi connectivity index (χ1) is 11.6. The first-order valence-corrected chi connectivity index (χ1v) is 8.47. The molecule has 0 bridgehead atoms. The summed E-state index contributed by atoms with van der Waals surface area (Å²) in [4.78, 5) is 14.3. The maximum absolute atomic E-state index is 14.1. The lowest BCUT2D eigenvalue weighted by molar-refractivity contribution is -0.131. The monoisotopic (exact) mass is 360 g/mol. The van der Waals surface area contributed by atoms with Crippen LogP contribution in [0.2, 0.25) is 0 Å². The van der Waals surface area contributed by atoms with Crippen molar-refractivity contribution in [3.05, 3.63) is 59.9 Å². The number of likely N-dealkylation sites (tertiary alicyclic amines) is 1. The largest absolute Gasteiger partial charge is 0.344 e. The number of hydrogen-bond donors (Lipinski definition) is 1. The number of benzene rings is 2. The number of hydrogen-bond acceptors (Lipinski definition) is 2. The summed E-state index contributed by atoms with van der Waals surface area (Å²) < 4.78 is 14.1. The van der Waals surface area contributed by atoms with E-state index < -0.39 is 5.54 Å². The Morgan fingerprint density at radius 1 is 1.16 bits per heavy atom. The predicted molar refractivity (Wildman–Crippen MR) is 99.2 cm³/mol. The molecule has 2 fully saturated rings. The molecule has 5 heteroatoms. The Morgan fingerprint density at radius 2 is 1.96 bits per heavy atom. The van der Waals surface area contributed by atoms with Crippen molar-refractivity contribution in [2.45, 2.75) is 30.8 Å². The van der Waals surface area contributed by atoms with Crippen molar-refractivity contribution in [1.82, 2.24) is 10.2 Å². The summed E-state index contributed by atoms with van der Waals surface area (Å²) in [6.07, 6.45) is 2.66. The van der Waals surface area contributed by atoms with Crippen molar-refractivity contribution >= 4 is 18.3 Å². The highest BCUT2D eigenvalue weighted by atomic mass is 35.5. The van der Waals surface area contributed by atoms with Crippen molar-refractivity contribution in [3.8, 4) is 11.1 Å². The van der Waals surface area contributed by atoms with Gasteiger partial charge in [-0.25, -0.2) is 4.39 Å². The minimum Gasteiger partial charge on any atom is -0.344 e. The molecule has 0 aliphatic carbocycles. The Kier molecular flexibility index (Phi) is 4.85. The SMILES string of the molecule is CN1CC[C@@]2(CC[C@H](c3cccc(-c4ccccc4F)c3)N2)C1=O.Cl. The lowest BCUT2D eigenvalue weighted by Crippen LogP contribution is -2.47. The lowest BCUT2D eigenvalue weighted by atomic mass is 9.95. The Balaban J connectivity index is 0.00000182. The molecule has 1 amide bonds. The molecule has 1 N–H and O–H groups in total. The van der Waals surface area contributed by atoms with E-state index in [0.29, 0.717) is 5.56 Å². The smallest absolute Gasteiger partial charge is 0.242 e. The molecule has 2 aromatic rings. The summed E-state index contributed by atoms with van der Waals surface area (Å²) in [5.74, 6) is -0.00615. The molecule has 2 atom stereocenters. The molecule has 2 aliphatic rings. The molecule has 2 saturated heterocycles. The van der Waals surface area contributed by atoms with Gasteiger partial charge in [0.25, 0.3) is 0 Å². The Morgan fingerprint density at radius 3 is 2.68 bits per heavy atom. The van der Waals surface area contributed by atoms with Crippen LogP contribution in [0.15, 0.2) is 48.5 Å². The zero-order valence-electron chi connectivity index (χ0n) is 14.2. The second kappa shape index (κ2) is 6.77. The molecule has 0 saturated carbocycles. The van der Waals surface area contributed by atoms with E-state index in [1.807, 2.05) is 36.2 Å². The third kappa shape index (κ3) is 3.05. The number of nitrogens with zero attached hydrogens (tertiary/aromatic N) is 1. The number of amides is 1. The zero-order valence-corrected chi connectivity index (χ0v) is 15.0. The molecule has 25 heavy (non-hydrogen) atoms. The van der Waals surface area contributed by atoms with Crippen LogP contribution >= 0.6 is 12.4 Å². The van der Waals surface area contributed by atoms with E-state index in [4.69, 9.17) is 0 Å². The summed E-state index contributed by atoms with van der Waals surface area (Å²) in [5.41, 5.74) is 2.22. The maximum atomic E-state index is 14.1. The third-order valence-electron chi connectivity index (χ3n) is 5.41. The molecule has 132 valence electrons. The summed E-state index contributed by atoms with van der Waals surface area (Å²) in [6, 6.07) is 15.0. The van der Waals surface area contributed by atoms with Gasteiger partial charge in [0.2, 0.25) is 5.91 Å². The van der Waals surface area contributed by atoms with E-state index in [-0.39, 0.29) is 30.2 Å². The number of likely N-dealkylation sites (N-methyl/N-ethyl adjacent to an activating group) is 1. The number of rotatable bonds is 2. The van der Waals surface area contributed by atoms with Gasteiger partial charge >= 0.3 is 0 Å². The van der Waals surface area contributed by atoms with Crippen LogP contribution in [0, 0.1) is 5.82 Å². The van der Waals surface area contributed by atoms with Crippen LogP contribution in [0.1, 0.15) is 30.9 Å². The maximum Gasteiger partial charge on any atom is 0.242 e.